The normalized spacial score (nSPS) is 12.2. The van der Waals surface area contributed by atoms with E-state index in [9.17, 15) is 13.6 Å². The fraction of sp³-hybridized carbons (Fsp3) is 0.222. The van der Waals surface area contributed by atoms with E-state index in [1.165, 1.54) is 12.1 Å². The van der Waals surface area contributed by atoms with Crippen LogP contribution in [0.4, 0.5) is 8.78 Å². The molecular weight excluding hydrogens is 206 g/mol. The summed E-state index contributed by atoms with van der Waals surface area (Å²) in [6.07, 6.45) is 0. The number of alkyl halides is 2. The molecule has 0 bridgehead atoms. The minimum absolute atomic E-state index is 0.297. The molecule has 1 heterocycles. The van der Waals surface area contributed by atoms with Gasteiger partial charge >= 0.3 is 5.69 Å². The Morgan fingerprint density at radius 2 is 1.93 bits per heavy atom. The van der Waals surface area contributed by atoms with Crippen LogP contribution in [0.15, 0.2) is 23.0 Å². The molecule has 15 heavy (non-hydrogen) atoms. The lowest BCUT2D eigenvalue weighted by Crippen LogP contribution is -2.18. The van der Waals surface area contributed by atoms with Crippen molar-refractivity contribution < 1.29 is 13.9 Å². The highest BCUT2D eigenvalue weighted by molar-refractivity contribution is 5.75. The van der Waals surface area contributed by atoms with Crippen molar-refractivity contribution in [2.24, 2.45) is 0 Å². The van der Waals surface area contributed by atoms with Gasteiger partial charge in [0.1, 0.15) is 6.61 Å². The maximum Gasteiger partial charge on any atom is 0.323 e. The van der Waals surface area contributed by atoms with Gasteiger partial charge in [0.05, 0.1) is 11.0 Å². The number of H-pyrrole nitrogens is 2. The molecule has 0 aliphatic carbocycles. The molecule has 80 valence electrons. The Balaban J connectivity index is 2.60. The monoisotopic (exact) mass is 214 g/mol. The first-order valence-electron chi connectivity index (χ1n) is 4.24. The highest BCUT2D eigenvalue weighted by atomic mass is 19.3. The number of benzene rings is 1. The largest absolute Gasteiger partial charge is 0.390 e. The number of aromatic nitrogens is 2. The van der Waals surface area contributed by atoms with Crippen LogP contribution in [-0.4, -0.2) is 21.7 Å². The van der Waals surface area contributed by atoms with Crippen LogP contribution in [0.3, 0.4) is 0 Å². The molecule has 0 spiro atoms. The third-order valence-electron chi connectivity index (χ3n) is 2.14. The molecule has 0 aliphatic rings. The third-order valence-corrected chi connectivity index (χ3v) is 2.14. The van der Waals surface area contributed by atoms with Crippen molar-refractivity contribution in [1.82, 2.24) is 9.97 Å². The van der Waals surface area contributed by atoms with Gasteiger partial charge in [0.15, 0.2) is 0 Å². The number of rotatable bonds is 2. The molecule has 0 fully saturated rings. The van der Waals surface area contributed by atoms with Crippen molar-refractivity contribution in [3.63, 3.8) is 0 Å². The summed E-state index contributed by atoms with van der Waals surface area (Å²) in [6.45, 7) is -1.26. The topological polar surface area (TPSA) is 68.9 Å². The molecule has 6 heteroatoms. The first-order chi connectivity index (χ1) is 7.03. The highest BCUT2D eigenvalue weighted by Crippen LogP contribution is 2.28. The molecule has 1 aromatic heterocycles. The standard InChI is InChI=1S/C9H8F2N2O2/c10-9(11,4-14)5-1-2-6-7(3-5)13-8(15)12-6/h1-3,14H,4H2,(H2,12,13,15). The number of aromatic amines is 2. The summed E-state index contributed by atoms with van der Waals surface area (Å²) < 4.78 is 26.1. The number of hydrogen-bond acceptors (Lipinski definition) is 2. The molecular formula is C9H8F2N2O2. The summed E-state index contributed by atoms with van der Waals surface area (Å²) >= 11 is 0. The molecule has 0 saturated heterocycles. The summed E-state index contributed by atoms with van der Waals surface area (Å²) in [5, 5.41) is 8.50. The average Bonchev–Trinajstić information content (AvgIpc) is 2.56. The van der Waals surface area contributed by atoms with Crippen LogP contribution in [0.5, 0.6) is 0 Å². The summed E-state index contributed by atoms with van der Waals surface area (Å²) in [4.78, 5) is 15.7. The van der Waals surface area contributed by atoms with E-state index in [1.807, 2.05) is 0 Å². The number of aliphatic hydroxyl groups excluding tert-OH is 1. The first kappa shape index (κ1) is 9.85. The van der Waals surface area contributed by atoms with Gasteiger partial charge in [-0.15, -0.1) is 0 Å². The van der Waals surface area contributed by atoms with E-state index in [2.05, 4.69) is 9.97 Å². The van der Waals surface area contributed by atoms with Gasteiger partial charge in [0.2, 0.25) is 0 Å². The lowest BCUT2D eigenvalue weighted by atomic mass is 10.1. The number of halogens is 2. The average molecular weight is 214 g/mol. The molecule has 0 atom stereocenters. The quantitative estimate of drug-likeness (QED) is 0.696. The van der Waals surface area contributed by atoms with Crippen LogP contribution < -0.4 is 5.69 Å². The molecule has 4 nitrogen and oxygen atoms in total. The SMILES string of the molecule is O=c1[nH]c2ccc(C(F)(F)CO)cc2[nH]1. The van der Waals surface area contributed by atoms with E-state index in [0.717, 1.165) is 6.07 Å². The maximum absolute atomic E-state index is 13.1. The molecule has 0 radical (unpaired) electrons. The van der Waals surface area contributed by atoms with Crippen LogP contribution in [-0.2, 0) is 5.92 Å². The van der Waals surface area contributed by atoms with E-state index in [-0.39, 0.29) is 5.56 Å². The van der Waals surface area contributed by atoms with Crippen LogP contribution in [0.2, 0.25) is 0 Å². The number of fused-ring (bicyclic) bond motifs is 1. The Labute approximate surface area is 82.6 Å². The zero-order valence-electron chi connectivity index (χ0n) is 7.55. The molecule has 0 aliphatic heterocycles. The van der Waals surface area contributed by atoms with Crippen LogP contribution in [0.25, 0.3) is 11.0 Å². The van der Waals surface area contributed by atoms with Gasteiger partial charge in [-0.2, -0.15) is 8.78 Å². The van der Waals surface area contributed by atoms with Gasteiger partial charge in [-0.3, -0.25) is 0 Å². The predicted molar refractivity (Wildman–Crippen MR) is 49.9 cm³/mol. The maximum atomic E-state index is 13.1. The fourth-order valence-electron chi connectivity index (χ4n) is 1.35. The third kappa shape index (κ3) is 1.63. The number of aliphatic hydroxyl groups is 1. The van der Waals surface area contributed by atoms with E-state index >= 15 is 0 Å². The number of imidazole rings is 1. The summed E-state index contributed by atoms with van der Waals surface area (Å²) in [7, 11) is 0. The van der Waals surface area contributed by atoms with E-state index in [4.69, 9.17) is 5.11 Å². The minimum Gasteiger partial charge on any atom is -0.390 e. The lowest BCUT2D eigenvalue weighted by molar-refractivity contribution is -0.0555. The molecule has 0 unspecified atom stereocenters. The molecule has 2 aromatic rings. The Bertz CT molecular complexity index is 544. The minimum atomic E-state index is -3.29. The van der Waals surface area contributed by atoms with Crippen molar-refractivity contribution in [3.05, 3.63) is 34.2 Å². The Morgan fingerprint density at radius 1 is 1.27 bits per heavy atom. The smallest absolute Gasteiger partial charge is 0.323 e. The Kier molecular flexibility index (Phi) is 2.08. The van der Waals surface area contributed by atoms with Gasteiger partial charge in [0.25, 0.3) is 5.92 Å². The van der Waals surface area contributed by atoms with Crippen LogP contribution in [0.1, 0.15) is 5.56 Å². The zero-order valence-corrected chi connectivity index (χ0v) is 7.55. The zero-order chi connectivity index (χ0) is 11.1. The van der Waals surface area contributed by atoms with Gasteiger partial charge < -0.3 is 15.1 Å². The predicted octanol–water partition coefficient (Wildman–Crippen LogP) is 0.940. The van der Waals surface area contributed by atoms with Crippen LogP contribution >= 0.6 is 0 Å². The Morgan fingerprint density at radius 3 is 2.60 bits per heavy atom. The van der Waals surface area contributed by atoms with Gasteiger partial charge in [-0.05, 0) is 12.1 Å². The number of hydrogen-bond donors (Lipinski definition) is 3. The number of nitrogens with one attached hydrogen (secondary N) is 2. The van der Waals surface area contributed by atoms with Crippen molar-refractivity contribution in [3.8, 4) is 0 Å². The highest BCUT2D eigenvalue weighted by Gasteiger charge is 2.30. The second-order valence-electron chi connectivity index (χ2n) is 3.20. The summed E-state index contributed by atoms with van der Waals surface area (Å²) in [6, 6.07) is 3.68. The van der Waals surface area contributed by atoms with Crippen LogP contribution in [0, 0.1) is 0 Å². The Hall–Kier alpha value is -1.69. The van der Waals surface area contributed by atoms with Gasteiger partial charge in [0, 0.05) is 5.56 Å². The molecule has 2 rings (SSSR count). The van der Waals surface area contributed by atoms with Crippen molar-refractivity contribution in [1.29, 1.82) is 0 Å². The van der Waals surface area contributed by atoms with E-state index in [1.54, 1.807) is 0 Å². The second kappa shape index (κ2) is 3.16. The van der Waals surface area contributed by atoms with Gasteiger partial charge in [-0.1, -0.05) is 6.07 Å². The van der Waals surface area contributed by atoms with Crippen molar-refractivity contribution >= 4 is 11.0 Å². The van der Waals surface area contributed by atoms with Gasteiger partial charge in [-0.25, -0.2) is 4.79 Å². The van der Waals surface area contributed by atoms with E-state index in [0.29, 0.717) is 11.0 Å². The van der Waals surface area contributed by atoms with Crippen molar-refractivity contribution in [2.75, 3.05) is 6.61 Å². The second-order valence-corrected chi connectivity index (χ2v) is 3.20. The van der Waals surface area contributed by atoms with Crippen molar-refractivity contribution in [2.45, 2.75) is 5.92 Å². The fourth-order valence-corrected chi connectivity index (χ4v) is 1.35. The molecule has 0 saturated carbocycles. The summed E-state index contributed by atoms with van der Waals surface area (Å²) in [5.41, 5.74) is -0.0228. The summed E-state index contributed by atoms with van der Waals surface area (Å²) in [5.74, 6) is -3.29. The van der Waals surface area contributed by atoms with E-state index < -0.39 is 18.2 Å². The first-order valence-corrected chi connectivity index (χ1v) is 4.24. The molecule has 3 N–H and O–H groups in total. The molecule has 0 amide bonds. The molecule has 1 aromatic carbocycles. The lowest BCUT2D eigenvalue weighted by Gasteiger charge is -2.12.